The van der Waals surface area contributed by atoms with Gasteiger partial charge in [-0.15, -0.1) is 0 Å². The lowest BCUT2D eigenvalue weighted by Crippen LogP contribution is -1.63. The summed E-state index contributed by atoms with van der Waals surface area (Å²) in [6, 6.07) is 0. The molecule has 0 aromatic rings. The van der Waals surface area contributed by atoms with E-state index in [2.05, 4.69) is 0 Å². The fourth-order valence-corrected chi connectivity index (χ4v) is 0.235. The molecule has 1 N–H and O–H groups in total. The Bertz CT molecular complexity index is 86.7. The summed E-state index contributed by atoms with van der Waals surface area (Å²) in [5.74, 6) is 0.345. The smallest absolute Gasteiger partial charge is 0.0891 e. The largest absolute Gasteiger partial charge is 0.513 e. The van der Waals surface area contributed by atoms with Gasteiger partial charge >= 0.3 is 0 Å². The molecule has 9 heavy (non-hydrogen) atoms. The minimum atomic E-state index is 0.345. The van der Waals surface area contributed by atoms with Crippen LogP contribution in [0.3, 0.4) is 0 Å². The summed E-state index contributed by atoms with van der Waals surface area (Å²) < 4.78 is 0. The standard InChI is InChI=1S/C6H10O.C2H6/c1-3-4-5-6(2)7;1-2/h3-5,7H,1-2H3;1-2H3/b4-3-,6-5+;. The topological polar surface area (TPSA) is 20.2 Å². The van der Waals surface area contributed by atoms with E-state index in [0.29, 0.717) is 5.76 Å². The van der Waals surface area contributed by atoms with E-state index in [4.69, 9.17) is 5.11 Å². The monoisotopic (exact) mass is 128 g/mol. The van der Waals surface area contributed by atoms with Crippen LogP contribution in [0.25, 0.3) is 0 Å². The molecule has 1 heteroatoms. The van der Waals surface area contributed by atoms with Crippen LogP contribution in [0.15, 0.2) is 24.0 Å². The second-order valence-corrected chi connectivity index (χ2v) is 1.33. The molecule has 0 amide bonds. The molecule has 0 heterocycles. The number of hydrogen-bond donors (Lipinski definition) is 1. The SMILES string of the molecule is C/C=C\C=C(/C)O.CC. The van der Waals surface area contributed by atoms with Gasteiger partial charge in [0.2, 0.25) is 0 Å². The zero-order valence-electron chi connectivity index (χ0n) is 6.68. The zero-order chi connectivity index (χ0) is 7.70. The molecule has 54 valence electrons. The normalized spacial score (nSPS) is 10.9. The summed E-state index contributed by atoms with van der Waals surface area (Å²) in [6.07, 6.45) is 5.29. The first-order valence-electron chi connectivity index (χ1n) is 3.26. The van der Waals surface area contributed by atoms with Crippen LogP contribution in [-0.4, -0.2) is 5.11 Å². The van der Waals surface area contributed by atoms with Crippen LogP contribution in [0.1, 0.15) is 27.7 Å². The maximum atomic E-state index is 8.49. The van der Waals surface area contributed by atoms with E-state index in [1.807, 2.05) is 26.8 Å². The molecule has 0 aliphatic rings. The Kier molecular flexibility index (Phi) is 12.7. The molecule has 0 aromatic carbocycles. The number of rotatable bonds is 1. The van der Waals surface area contributed by atoms with Gasteiger partial charge in [0.05, 0.1) is 5.76 Å². The predicted molar refractivity (Wildman–Crippen MR) is 42.5 cm³/mol. The lowest BCUT2D eigenvalue weighted by molar-refractivity contribution is 0.414. The molecule has 0 rings (SSSR count). The quantitative estimate of drug-likeness (QED) is 0.425. The minimum Gasteiger partial charge on any atom is -0.513 e. The number of aliphatic hydroxyl groups excluding tert-OH is 1. The number of hydrogen-bond acceptors (Lipinski definition) is 1. The molecule has 0 saturated heterocycles. The van der Waals surface area contributed by atoms with Crippen molar-refractivity contribution in [2.75, 3.05) is 0 Å². The van der Waals surface area contributed by atoms with Crippen LogP contribution in [0.5, 0.6) is 0 Å². The summed E-state index contributed by atoms with van der Waals surface area (Å²) in [4.78, 5) is 0. The van der Waals surface area contributed by atoms with Gasteiger partial charge in [-0.05, 0) is 19.9 Å². The molecule has 0 bridgehead atoms. The van der Waals surface area contributed by atoms with Gasteiger partial charge in [0.25, 0.3) is 0 Å². The Hall–Kier alpha value is -0.720. The Morgan fingerprint density at radius 2 is 1.78 bits per heavy atom. The van der Waals surface area contributed by atoms with Gasteiger partial charge in [-0.25, -0.2) is 0 Å². The molecule has 0 fully saturated rings. The van der Waals surface area contributed by atoms with E-state index < -0.39 is 0 Å². The van der Waals surface area contributed by atoms with Crippen molar-refractivity contribution in [3.63, 3.8) is 0 Å². The van der Waals surface area contributed by atoms with Crippen molar-refractivity contribution in [1.82, 2.24) is 0 Å². The van der Waals surface area contributed by atoms with Crippen molar-refractivity contribution in [2.24, 2.45) is 0 Å². The summed E-state index contributed by atoms with van der Waals surface area (Å²) >= 11 is 0. The van der Waals surface area contributed by atoms with Crippen molar-refractivity contribution in [1.29, 1.82) is 0 Å². The second kappa shape index (κ2) is 10.3. The first-order chi connectivity index (χ1) is 4.27. The summed E-state index contributed by atoms with van der Waals surface area (Å²) in [5, 5.41) is 8.49. The van der Waals surface area contributed by atoms with Gasteiger partial charge in [-0.2, -0.15) is 0 Å². The van der Waals surface area contributed by atoms with Gasteiger partial charge < -0.3 is 5.11 Å². The highest BCUT2D eigenvalue weighted by atomic mass is 16.3. The van der Waals surface area contributed by atoms with Crippen molar-refractivity contribution in [2.45, 2.75) is 27.7 Å². The van der Waals surface area contributed by atoms with Crippen LogP contribution >= 0.6 is 0 Å². The van der Waals surface area contributed by atoms with E-state index in [0.717, 1.165) is 0 Å². The van der Waals surface area contributed by atoms with E-state index in [9.17, 15) is 0 Å². The fraction of sp³-hybridized carbons (Fsp3) is 0.500. The third-order valence-corrected chi connectivity index (χ3v) is 0.530. The average molecular weight is 128 g/mol. The molecule has 0 spiro atoms. The lowest BCUT2D eigenvalue weighted by Gasteiger charge is -1.78. The van der Waals surface area contributed by atoms with Crippen molar-refractivity contribution < 1.29 is 5.11 Å². The van der Waals surface area contributed by atoms with Gasteiger partial charge in [-0.1, -0.05) is 26.0 Å². The minimum absolute atomic E-state index is 0.345. The predicted octanol–water partition coefficient (Wildman–Crippen LogP) is 3.05. The molecule has 0 atom stereocenters. The van der Waals surface area contributed by atoms with Gasteiger partial charge in [0.15, 0.2) is 0 Å². The highest BCUT2D eigenvalue weighted by Crippen LogP contribution is 1.83. The van der Waals surface area contributed by atoms with Gasteiger partial charge in [0, 0.05) is 0 Å². The molecular formula is C8H16O. The van der Waals surface area contributed by atoms with Crippen LogP contribution in [-0.2, 0) is 0 Å². The molecular weight excluding hydrogens is 112 g/mol. The third kappa shape index (κ3) is 18.9. The number of allylic oxidation sites excluding steroid dienone is 4. The maximum Gasteiger partial charge on any atom is 0.0891 e. The van der Waals surface area contributed by atoms with Crippen LogP contribution in [0.2, 0.25) is 0 Å². The summed E-state index contributed by atoms with van der Waals surface area (Å²) in [7, 11) is 0. The van der Waals surface area contributed by atoms with E-state index in [1.165, 1.54) is 0 Å². The Labute approximate surface area is 57.7 Å². The molecule has 0 aliphatic carbocycles. The molecule has 0 unspecified atom stereocenters. The van der Waals surface area contributed by atoms with E-state index >= 15 is 0 Å². The van der Waals surface area contributed by atoms with Crippen molar-refractivity contribution in [3.05, 3.63) is 24.0 Å². The summed E-state index contributed by atoms with van der Waals surface area (Å²) in [6.45, 7) is 7.54. The van der Waals surface area contributed by atoms with Crippen LogP contribution in [0, 0.1) is 0 Å². The van der Waals surface area contributed by atoms with E-state index in [-0.39, 0.29) is 0 Å². The maximum absolute atomic E-state index is 8.49. The lowest BCUT2D eigenvalue weighted by atomic mass is 10.4. The second-order valence-electron chi connectivity index (χ2n) is 1.33. The molecule has 0 aromatic heterocycles. The van der Waals surface area contributed by atoms with Gasteiger partial charge in [-0.3, -0.25) is 0 Å². The fourth-order valence-electron chi connectivity index (χ4n) is 0.235. The Morgan fingerprint density at radius 3 is 1.89 bits per heavy atom. The van der Waals surface area contributed by atoms with Crippen LogP contribution < -0.4 is 0 Å². The highest BCUT2D eigenvalue weighted by molar-refractivity contribution is 5.03. The van der Waals surface area contributed by atoms with Crippen molar-refractivity contribution >= 4 is 0 Å². The first kappa shape index (κ1) is 11.1. The summed E-state index contributed by atoms with van der Waals surface area (Å²) in [5.41, 5.74) is 0. The zero-order valence-corrected chi connectivity index (χ0v) is 6.68. The van der Waals surface area contributed by atoms with Crippen LogP contribution in [0.4, 0.5) is 0 Å². The highest BCUT2D eigenvalue weighted by Gasteiger charge is 1.68. The first-order valence-corrected chi connectivity index (χ1v) is 3.26. The van der Waals surface area contributed by atoms with Gasteiger partial charge in [0.1, 0.15) is 0 Å². The molecule has 0 aliphatic heterocycles. The Morgan fingerprint density at radius 1 is 1.33 bits per heavy atom. The van der Waals surface area contributed by atoms with Crippen molar-refractivity contribution in [3.8, 4) is 0 Å². The molecule has 0 radical (unpaired) electrons. The molecule has 0 saturated carbocycles. The Balaban J connectivity index is 0. The number of aliphatic hydroxyl groups is 1. The average Bonchev–Trinajstić information content (AvgIpc) is 1.88. The van der Waals surface area contributed by atoms with E-state index in [1.54, 1.807) is 19.1 Å². The third-order valence-electron chi connectivity index (χ3n) is 0.530. The molecule has 1 nitrogen and oxygen atoms in total.